The fraction of sp³-hybridized carbons (Fsp3) is 0.930. The van der Waals surface area contributed by atoms with Crippen LogP contribution in [0.3, 0.4) is 0 Å². The summed E-state index contributed by atoms with van der Waals surface area (Å²) in [6.45, 7) is 2.75. The van der Waals surface area contributed by atoms with Crippen molar-refractivity contribution in [3.63, 3.8) is 0 Å². The molecular formula is C43H81NO13. The van der Waals surface area contributed by atoms with Gasteiger partial charge in [-0.05, 0) is 32.1 Å². The van der Waals surface area contributed by atoms with E-state index < -0.39 is 86.8 Å². The predicted molar refractivity (Wildman–Crippen MR) is 217 cm³/mol. The van der Waals surface area contributed by atoms with Crippen LogP contribution in [0.1, 0.15) is 162 Å². The van der Waals surface area contributed by atoms with Gasteiger partial charge in [0, 0.05) is 6.42 Å². The van der Waals surface area contributed by atoms with Crippen LogP contribution >= 0.6 is 0 Å². The molecule has 57 heavy (non-hydrogen) atoms. The summed E-state index contributed by atoms with van der Waals surface area (Å²) in [6, 6.07) is -0.826. The molecule has 2 saturated heterocycles. The maximum Gasteiger partial charge on any atom is 0.220 e. The van der Waals surface area contributed by atoms with Crippen molar-refractivity contribution in [2.75, 3.05) is 19.8 Å². The number of hydrogen-bond acceptors (Lipinski definition) is 13. The predicted octanol–water partition coefficient (Wildman–Crippen LogP) is 4.04. The monoisotopic (exact) mass is 820 g/mol. The molecule has 2 aliphatic rings. The van der Waals surface area contributed by atoms with Crippen LogP contribution in [0.2, 0.25) is 0 Å². The van der Waals surface area contributed by atoms with E-state index in [0.29, 0.717) is 19.3 Å². The molecule has 12 atom stereocenters. The summed E-state index contributed by atoms with van der Waals surface area (Å²) < 4.78 is 22.6. The van der Waals surface area contributed by atoms with Gasteiger partial charge < -0.3 is 65.1 Å². The summed E-state index contributed by atoms with van der Waals surface area (Å²) in [6.07, 6.45) is 12.3. The minimum atomic E-state index is -1.78. The van der Waals surface area contributed by atoms with E-state index in [4.69, 9.17) is 18.9 Å². The number of aliphatic hydroxyl groups is 8. The Labute approximate surface area is 342 Å². The lowest BCUT2D eigenvalue weighted by molar-refractivity contribution is -0.359. The van der Waals surface area contributed by atoms with Gasteiger partial charge in [-0.3, -0.25) is 4.79 Å². The van der Waals surface area contributed by atoms with E-state index in [0.717, 1.165) is 70.6 Å². The van der Waals surface area contributed by atoms with E-state index in [9.17, 15) is 45.6 Å². The topological polar surface area (TPSA) is 228 Å². The van der Waals surface area contributed by atoms with Gasteiger partial charge in [-0.2, -0.15) is 0 Å². The van der Waals surface area contributed by atoms with Crippen LogP contribution in [-0.2, 0) is 23.7 Å². The van der Waals surface area contributed by atoms with Gasteiger partial charge in [-0.25, -0.2) is 0 Å². The highest BCUT2D eigenvalue weighted by Gasteiger charge is 2.51. The van der Waals surface area contributed by atoms with Gasteiger partial charge in [0.25, 0.3) is 0 Å². The molecule has 0 aliphatic carbocycles. The second-order valence-electron chi connectivity index (χ2n) is 16.2. The first kappa shape index (κ1) is 51.9. The fourth-order valence-corrected chi connectivity index (χ4v) is 7.47. The minimum Gasteiger partial charge on any atom is -0.394 e. The van der Waals surface area contributed by atoms with Crippen LogP contribution in [0, 0.1) is 0 Å². The minimum absolute atomic E-state index is 0.220. The maximum atomic E-state index is 13.1. The Morgan fingerprint density at radius 3 is 1.74 bits per heavy atom. The Morgan fingerprint density at radius 1 is 0.614 bits per heavy atom. The summed E-state index contributed by atoms with van der Waals surface area (Å²) in [7, 11) is 0. The molecule has 9 N–H and O–H groups in total. The fourth-order valence-electron chi connectivity index (χ4n) is 7.47. The highest BCUT2D eigenvalue weighted by molar-refractivity contribution is 5.76. The first-order valence-electron chi connectivity index (χ1n) is 22.4. The molecule has 14 heteroatoms. The van der Waals surface area contributed by atoms with Crippen LogP contribution in [0.15, 0.2) is 12.2 Å². The average molecular weight is 820 g/mol. The molecule has 0 aromatic heterocycles. The lowest BCUT2D eigenvalue weighted by Gasteiger charge is -2.46. The number of carbonyl (C=O) groups excluding carboxylic acids is 1. The number of hydrogen-bond donors (Lipinski definition) is 9. The molecule has 2 heterocycles. The maximum absolute atomic E-state index is 13.1. The number of rotatable bonds is 33. The number of ether oxygens (including phenoxy) is 4. The van der Waals surface area contributed by atoms with Gasteiger partial charge in [0.05, 0.1) is 32.0 Å². The van der Waals surface area contributed by atoms with Crippen LogP contribution in [0.4, 0.5) is 0 Å². The largest absolute Gasteiger partial charge is 0.394 e. The molecule has 14 nitrogen and oxygen atoms in total. The zero-order valence-corrected chi connectivity index (χ0v) is 35.1. The van der Waals surface area contributed by atoms with Crippen molar-refractivity contribution in [1.29, 1.82) is 0 Å². The lowest BCUT2D eigenvalue weighted by atomic mass is 9.97. The van der Waals surface area contributed by atoms with E-state index in [-0.39, 0.29) is 12.5 Å². The first-order chi connectivity index (χ1) is 27.6. The molecule has 0 saturated carbocycles. The van der Waals surface area contributed by atoms with Crippen molar-refractivity contribution >= 4 is 5.91 Å². The molecule has 0 spiro atoms. The third-order valence-corrected chi connectivity index (χ3v) is 11.2. The molecule has 2 fully saturated rings. The van der Waals surface area contributed by atoms with Gasteiger partial charge in [0.2, 0.25) is 5.91 Å². The summed E-state index contributed by atoms with van der Waals surface area (Å²) in [5.41, 5.74) is 0. The van der Waals surface area contributed by atoms with Crippen LogP contribution < -0.4 is 5.32 Å². The second-order valence-corrected chi connectivity index (χ2v) is 16.2. The highest BCUT2D eigenvalue weighted by Crippen LogP contribution is 2.30. The average Bonchev–Trinajstić information content (AvgIpc) is 3.21. The van der Waals surface area contributed by atoms with Crippen LogP contribution in [0.25, 0.3) is 0 Å². The SMILES string of the molecule is CCC/C=C\CCCCCCCC(=O)NC(COC1OC(CO)C(OC2OC(CO)C(O)C(O)C2O)C(O)C1O)C(O)CCCCCCCCCCCCCCC. The van der Waals surface area contributed by atoms with Gasteiger partial charge in [-0.1, -0.05) is 135 Å². The molecule has 2 aliphatic heterocycles. The van der Waals surface area contributed by atoms with E-state index in [1.54, 1.807) is 0 Å². The third-order valence-electron chi connectivity index (χ3n) is 11.2. The Kier molecular flexibility index (Phi) is 28.7. The molecule has 12 unspecified atom stereocenters. The Bertz CT molecular complexity index is 1020. The highest BCUT2D eigenvalue weighted by atomic mass is 16.7. The summed E-state index contributed by atoms with van der Waals surface area (Å²) in [5.74, 6) is -0.220. The van der Waals surface area contributed by atoms with Crippen molar-refractivity contribution in [3.05, 3.63) is 12.2 Å². The quantitative estimate of drug-likeness (QED) is 0.0337. The van der Waals surface area contributed by atoms with Gasteiger partial charge in [-0.15, -0.1) is 0 Å². The van der Waals surface area contributed by atoms with Crippen LogP contribution in [0.5, 0.6) is 0 Å². The van der Waals surface area contributed by atoms with Gasteiger partial charge in [0.15, 0.2) is 12.6 Å². The van der Waals surface area contributed by atoms with E-state index in [2.05, 4.69) is 31.3 Å². The van der Waals surface area contributed by atoms with Crippen molar-refractivity contribution in [1.82, 2.24) is 5.32 Å². The molecule has 0 radical (unpaired) electrons. The van der Waals surface area contributed by atoms with Crippen LogP contribution in [-0.4, -0.2) is 140 Å². The molecule has 0 aromatic carbocycles. The molecule has 2 rings (SSSR count). The summed E-state index contributed by atoms with van der Waals surface area (Å²) >= 11 is 0. The second kappa shape index (κ2) is 31.6. The third kappa shape index (κ3) is 20.2. The Balaban J connectivity index is 1.90. The van der Waals surface area contributed by atoms with Gasteiger partial charge >= 0.3 is 0 Å². The zero-order chi connectivity index (χ0) is 41.8. The summed E-state index contributed by atoms with van der Waals surface area (Å²) in [5, 5.41) is 86.5. The number of amides is 1. The van der Waals surface area contributed by atoms with E-state index in [1.807, 2.05) is 0 Å². The zero-order valence-electron chi connectivity index (χ0n) is 35.1. The van der Waals surface area contributed by atoms with E-state index in [1.165, 1.54) is 57.8 Å². The molecule has 0 bridgehead atoms. The normalized spacial score (nSPS) is 29.2. The van der Waals surface area contributed by atoms with Crippen molar-refractivity contribution in [2.24, 2.45) is 0 Å². The Morgan fingerprint density at radius 2 is 1.14 bits per heavy atom. The number of unbranched alkanes of at least 4 members (excludes halogenated alkanes) is 18. The molecular weight excluding hydrogens is 738 g/mol. The lowest BCUT2D eigenvalue weighted by Crippen LogP contribution is -2.65. The molecule has 0 aromatic rings. The van der Waals surface area contributed by atoms with Crippen molar-refractivity contribution < 1.29 is 64.6 Å². The van der Waals surface area contributed by atoms with Crippen molar-refractivity contribution in [2.45, 2.75) is 235 Å². The standard InChI is InChI=1S/C43H81NO13/c1-3-5-7-9-11-13-15-16-17-18-20-22-24-26-32(47)31(44-35(48)27-25-23-21-19-14-12-10-8-6-4-2)30-54-42-40(53)38(51)41(34(29-46)56-42)57-43-39(52)37(50)36(49)33(28-45)55-43/h8,10,31-34,36-43,45-47,49-53H,3-7,9,11-30H2,1-2H3,(H,44,48)/b10-8-. The number of nitrogens with one attached hydrogen (secondary N) is 1. The number of carbonyl (C=O) groups is 1. The summed E-state index contributed by atoms with van der Waals surface area (Å²) in [4.78, 5) is 13.1. The Hall–Kier alpha value is -1.27. The molecule has 336 valence electrons. The smallest absolute Gasteiger partial charge is 0.220 e. The number of allylic oxidation sites excluding steroid dienone is 2. The van der Waals surface area contributed by atoms with E-state index >= 15 is 0 Å². The number of aliphatic hydroxyl groups excluding tert-OH is 8. The van der Waals surface area contributed by atoms with Crippen molar-refractivity contribution in [3.8, 4) is 0 Å². The first-order valence-corrected chi connectivity index (χ1v) is 22.4. The molecule has 1 amide bonds. The van der Waals surface area contributed by atoms with Gasteiger partial charge in [0.1, 0.15) is 48.8 Å².